The first-order valence-electron chi connectivity index (χ1n) is 8.84. The molecule has 1 aliphatic heterocycles. The lowest BCUT2D eigenvalue weighted by Gasteiger charge is -2.35. The molecular weight excluding hydrogens is 359 g/mol. The van der Waals surface area contributed by atoms with Gasteiger partial charge in [0.2, 0.25) is 0 Å². The van der Waals surface area contributed by atoms with Gasteiger partial charge >= 0.3 is 6.18 Å². The molecule has 1 aromatic heterocycles. The summed E-state index contributed by atoms with van der Waals surface area (Å²) in [6.07, 6.45) is -3.16. The molecule has 27 heavy (non-hydrogen) atoms. The number of benzene rings is 1. The van der Waals surface area contributed by atoms with Crippen molar-refractivity contribution >= 4 is 16.6 Å². The van der Waals surface area contributed by atoms with E-state index in [-0.39, 0.29) is 11.1 Å². The highest BCUT2D eigenvalue weighted by atomic mass is 19.4. The number of nitrogens with one attached hydrogen (secondary N) is 1. The Morgan fingerprint density at radius 3 is 2.44 bits per heavy atom. The Kier molecular flexibility index (Phi) is 3.96. The standard InChI is InChI=1S/C19H18F3N3O2/c20-19(21,22)16(26)11-1-2-14-12(9-11)15(13(10-23)17(27)24-14)25-7-5-18(3-4-18)6-8-25/h1-2,9,16,26H,3-8H2,(H,24,27). The van der Waals surface area contributed by atoms with E-state index in [1.807, 2.05) is 11.0 Å². The molecule has 1 atom stereocenters. The lowest BCUT2D eigenvalue weighted by molar-refractivity contribution is -0.206. The fourth-order valence-electron chi connectivity index (χ4n) is 3.97. The average molecular weight is 377 g/mol. The van der Waals surface area contributed by atoms with Crippen LogP contribution in [0, 0.1) is 16.7 Å². The molecule has 0 amide bonds. The van der Waals surface area contributed by atoms with E-state index in [0.717, 1.165) is 18.9 Å². The van der Waals surface area contributed by atoms with E-state index in [1.165, 1.54) is 25.0 Å². The van der Waals surface area contributed by atoms with E-state index in [4.69, 9.17) is 0 Å². The van der Waals surface area contributed by atoms with E-state index in [0.29, 0.717) is 35.1 Å². The van der Waals surface area contributed by atoms with Crippen molar-refractivity contribution in [2.75, 3.05) is 18.0 Å². The number of nitriles is 1. The molecule has 2 aliphatic rings. The number of fused-ring (bicyclic) bond motifs is 1. The van der Waals surface area contributed by atoms with Crippen LogP contribution in [-0.4, -0.2) is 29.4 Å². The van der Waals surface area contributed by atoms with E-state index in [9.17, 15) is 28.3 Å². The molecule has 8 heteroatoms. The van der Waals surface area contributed by atoms with Crippen LogP contribution in [-0.2, 0) is 0 Å². The maximum atomic E-state index is 12.9. The highest BCUT2D eigenvalue weighted by molar-refractivity contribution is 5.95. The Hall–Kier alpha value is -2.53. The number of alkyl halides is 3. The second kappa shape index (κ2) is 5.99. The summed E-state index contributed by atoms with van der Waals surface area (Å²) in [5.41, 5.74) is 0.103. The van der Waals surface area contributed by atoms with Gasteiger partial charge in [0.05, 0.1) is 11.2 Å². The van der Waals surface area contributed by atoms with Gasteiger partial charge in [-0.15, -0.1) is 0 Å². The Bertz CT molecular complexity index is 992. The van der Waals surface area contributed by atoms with Crippen molar-refractivity contribution in [1.82, 2.24) is 4.98 Å². The number of hydrogen-bond donors (Lipinski definition) is 2. The summed E-state index contributed by atoms with van der Waals surface area (Å²) in [5.74, 6) is 0. The maximum Gasteiger partial charge on any atom is 0.418 e. The van der Waals surface area contributed by atoms with Gasteiger partial charge in [-0.05, 0) is 48.8 Å². The molecule has 2 fully saturated rings. The molecule has 0 bridgehead atoms. The minimum Gasteiger partial charge on any atom is -0.379 e. The molecule has 1 unspecified atom stereocenters. The van der Waals surface area contributed by atoms with Gasteiger partial charge in [-0.25, -0.2) is 0 Å². The van der Waals surface area contributed by atoms with Gasteiger partial charge in [-0.2, -0.15) is 18.4 Å². The van der Waals surface area contributed by atoms with Crippen LogP contribution in [0.5, 0.6) is 0 Å². The molecule has 1 saturated carbocycles. The van der Waals surface area contributed by atoms with Crippen LogP contribution >= 0.6 is 0 Å². The molecule has 1 saturated heterocycles. The minimum atomic E-state index is -4.79. The van der Waals surface area contributed by atoms with Crippen LogP contribution in [0.2, 0.25) is 0 Å². The summed E-state index contributed by atoms with van der Waals surface area (Å²) in [6.45, 7) is 1.30. The number of piperidine rings is 1. The number of aromatic nitrogens is 1. The van der Waals surface area contributed by atoms with Crippen molar-refractivity contribution in [3.63, 3.8) is 0 Å². The Morgan fingerprint density at radius 1 is 1.22 bits per heavy atom. The molecule has 2 N–H and O–H groups in total. The van der Waals surface area contributed by atoms with Crippen molar-refractivity contribution in [2.24, 2.45) is 5.41 Å². The summed E-state index contributed by atoms with van der Waals surface area (Å²) < 4.78 is 38.8. The van der Waals surface area contributed by atoms with E-state index in [1.54, 1.807) is 0 Å². The summed E-state index contributed by atoms with van der Waals surface area (Å²) >= 11 is 0. The third-order valence-electron chi connectivity index (χ3n) is 5.85. The van der Waals surface area contributed by atoms with Crippen molar-refractivity contribution in [2.45, 2.75) is 38.0 Å². The minimum absolute atomic E-state index is 0.104. The highest BCUT2D eigenvalue weighted by Gasteiger charge is 2.45. The molecule has 1 aromatic carbocycles. The van der Waals surface area contributed by atoms with Crippen LogP contribution in [0.4, 0.5) is 18.9 Å². The highest BCUT2D eigenvalue weighted by Crippen LogP contribution is 2.54. The van der Waals surface area contributed by atoms with Crippen LogP contribution in [0.1, 0.15) is 42.9 Å². The van der Waals surface area contributed by atoms with Crippen LogP contribution < -0.4 is 10.5 Å². The first-order chi connectivity index (χ1) is 12.7. The summed E-state index contributed by atoms with van der Waals surface area (Å²) in [4.78, 5) is 16.8. The summed E-state index contributed by atoms with van der Waals surface area (Å²) in [5, 5.41) is 19.4. The molecule has 4 rings (SSSR count). The smallest absolute Gasteiger partial charge is 0.379 e. The van der Waals surface area contributed by atoms with Crippen LogP contribution in [0.15, 0.2) is 23.0 Å². The van der Waals surface area contributed by atoms with Crippen molar-refractivity contribution in [1.29, 1.82) is 5.26 Å². The zero-order valence-electron chi connectivity index (χ0n) is 14.4. The normalized spacial score (nSPS) is 19.9. The van der Waals surface area contributed by atoms with E-state index < -0.39 is 17.8 Å². The van der Waals surface area contributed by atoms with Crippen molar-refractivity contribution in [3.8, 4) is 6.07 Å². The Balaban J connectivity index is 1.86. The fraction of sp³-hybridized carbons (Fsp3) is 0.474. The molecule has 1 aliphatic carbocycles. The van der Waals surface area contributed by atoms with Crippen LogP contribution in [0.25, 0.3) is 10.9 Å². The van der Waals surface area contributed by atoms with Gasteiger partial charge in [0.1, 0.15) is 11.6 Å². The molecular formula is C19H18F3N3O2. The Labute approximate surface area is 153 Å². The van der Waals surface area contributed by atoms with Gasteiger partial charge < -0.3 is 15.0 Å². The lowest BCUT2D eigenvalue weighted by Crippen LogP contribution is -2.36. The maximum absolute atomic E-state index is 12.9. The largest absolute Gasteiger partial charge is 0.418 e. The first-order valence-corrected chi connectivity index (χ1v) is 8.84. The van der Waals surface area contributed by atoms with Gasteiger partial charge in [0, 0.05) is 18.5 Å². The summed E-state index contributed by atoms with van der Waals surface area (Å²) in [6, 6.07) is 5.61. The molecule has 1 spiro atoms. The topological polar surface area (TPSA) is 80.1 Å². The molecule has 142 valence electrons. The molecule has 0 radical (unpaired) electrons. The van der Waals surface area contributed by atoms with E-state index in [2.05, 4.69) is 4.98 Å². The molecule has 5 nitrogen and oxygen atoms in total. The van der Waals surface area contributed by atoms with Gasteiger partial charge in [-0.1, -0.05) is 6.07 Å². The predicted molar refractivity (Wildman–Crippen MR) is 93.4 cm³/mol. The number of aliphatic hydroxyl groups is 1. The van der Waals surface area contributed by atoms with Gasteiger partial charge in [0.15, 0.2) is 6.10 Å². The van der Waals surface area contributed by atoms with E-state index >= 15 is 0 Å². The third kappa shape index (κ3) is 3.06. The fourth-order valence-corrected chi connectivity index (χ4v) is 3.97. The van der Waals surface area contributed by atoms with Gasteiger partial charge in [-0.3, -0.25) is 4.79 Å². The number of pyridine rings is 1. The number of aromatic amines is 1. The predicted octanol–water partition coefficient (Wildman–Crippen LogP) is 3.38. The Morgan fingerprint density at radius 2 is 1.89 bits per heavy atom. The van der Waals surface area contributed by atoms with Crippen molar-refractivity contribution in [3.05, 3.63) is 39.7 Å². The first kappa shape index (κ1) is 17.9. The zero-order chi connectivity index (χ0) is 19.4. The van der Waals surface area contributed by atoms with Crippen LogP contribution in [0.3, 0.4) is 0 Å². The third-order valence-corrected chi connectivity index (χ3v) is 5.85. The van der Waals surface area contributed by atoms with Crippen molar-refractivity contribution < 1.29 is 18.3 Å². The molecule has 2 heterocycles. The second-order valence-corrected chi connectivity index (χ2v) is 7.53. The number of nitrogens with zero attached hydrogens (tertiary/aromatic N) is 2. The lowest BCUT2D eigenvalue weighted by atomic mass is 9.92. The monoisotopic (exact) mass is 377 g/mol. The number of aliphatic hydroxyl groups excluding tert-OH is 1. The number of anilines is 1. The number of H-pyrrole nitrogens is 1. The summed E-state index contributed by atoms with van der Waals surface area (Å²) in [7, 11) is 0. The SMILES string of the molecule is N#Cc1c(N2CCC3(CC2)CC3)c2cc(C(O)C(F)(F)F)ccc2[nH]c1=O. The number of hydrogen-bond acceptors (Lipinski definition) is 4. The number of rotatable bonds is 2. The number of halogens is 3. The molecule has 2 aromatic rings. The van der Waals surface area contributed by atoms with Gasteiger partial charge in [0.25, 0.3) is 5.56 Å². The zero-order valence-corrected chi connectivity index (χ0v) is 14.4. The second-order valence-electron chi connectivity index (χ2n) is 7.53. The average Bonchev–Trinajstić information content (AvgIpc) is 3.39. The quantitative estimate of drug-likeness (QED) is 0.841.